The fourth-order valence-electron chi connectivity index (χ4n) is 6.74. The monoisotopic (exact) mass is 920 g/mol. The number of nitrogens with zero attached hydrogens (tertiary/aromatic N) is 1. The van der Waals surface area contributed by atoms with Gasteiger partial charge in [-0.25, -0.2) is 4.79 Å². The number of aromatic hydroxyl groups is 1. The van der Waals surface area contributed by atoms with E-state index in [0.29, 0.717) is 30.6 Å². The number of nitrogens with one attached hydrogen (secondary N) is 8. The van der Waals surface area contributed by atoms with Gasteiger partial charge in [-0.15, -0.1) is 0 Å². The zero-order valence-corrected chi connectivity index (χ0v) is 37.9. The molecule has 21 nitrogen and oxygen atoms in total. The maximum Gasteiger partial charge on any atom is 0.312 e. The summed E-state index contributed by atoms with van der Waals surface area (Å²) < 4.78 is 5.42. The molecule has 0 saturated heterocycles. The van der Waals surface area contributed by atoms with Crippen molar-refractivity contribution < 1.29 is 53.0 Å². The van der Waals surface area contributed by atoms with Crippen LogP contribution < -0.4 is 48.3 Å². The largest absolute Gasteiger partial charge is 0.508 e. The minimum atomic E-state index is -1.01. The number of amides is 10. The molecule has 0 aromatic heterocycles. The first-order valence-electron chi connectivity index (χ1n) is 21.9. The lowest BCUT2D eigenvalue weighted by atomic mass is 9.95. The number of phenolic OH excluding ortho intramolecular Hbond substituents is 1. The first-order chi connectivity index (χ1) is 31.4. The van der Waals surface area contributed by atoms with E-state index in [2.05, 4.69) is 42.5 Å². The molecule has 0 radical (unpaired) electrons. The Morgan fingerprint density at radius 3 is 1.92 bits per heavy atom. The Morgan fingerprint density at radius 1 is 0.712 bits per heavy atom. The number of carbonyl (C=O) groups is 9. The van der Waals surface area contributed by atoms with E-state index in [0.717, 1.165) is 22.6 Å². The third kappa shape index (κ3) is 20.3. The van der Waals surface area contributed by atoms with Crippen LogP contribution >= 0.6 is 0 Å². The maximum absolute atomic E-state index is 13.6. The average molecular weight is 921 g/mol. The van der Waals surface area contributed by atoms with Crippen molar-refractivity contribution in [1.82, 2.24) is 36.8 Å². The van der Waals surface area contributed by atoms with Crippen molar-refractivity contribution in [2.24, 2.45) is 17.6 Å². The van der Waals surface area contributed by atoms with Crippen LogP contribution in [0.2, 0.25) is 0 Å². The Morgan fingerprint density at radius 2 is 1.32 bits per heavy atom. The molecule has 0 bridgehead atoms. The van der Waals surface area contributed by atoms with Gasteiger partial charge in [0.1, 0.15) is 11.8 Å². The molecule has 1 aliphatic rings. The molecule has 4 atom stereocenters. The molecule has 0 spiro atoms. The molecule has 0 aliphatic carbocycles. The molecule has 10 amide bonds. The molecule has 2 aromatic rings. The van der Waals surface area contributed by atoms with E-state index in [4.69, 9.17) is 10.5 Å². The highest BCUT2D eigenvalue weighted by Gasteiger charge is 2.28. The molecule has 360 valence electrons. The van der Waals surface area contributed by atoms with Crippen molar-refractivity contribution in [2.45, 2.75) is 84.3 Å². The van der Waals surface area contributed by atoms with Gasteiger partial charge in [0.15, 0.2) is 0 Å². The van der Waals surface area contributed by atoms with Crippen molar-refractivity contribution >= 4 is 64.7 Å². The summed E-state index contributed by atoms with van der Waals surface area (Å²) in [6, 6.07) is 10.3. The summed E-state index contributed by atoms with van der Waals surface area (Å²) in [6.45, 7) is 7.82. The summed E-state index contributed by atoms with van der Waals surface area (Å²) in [6.07, 6.45) is 3.61. The van der Waals surface area contributed by atoms with Gasteiger partial charge in [-0.3, -0.25) is 43.3 Å². The molecule has 3 rings (SSSR count). The Balaban J connectivity index is 1.44. The SMILES string of the molecule is CC(=O)NC(Cc1ccc(O)cc1)CC(C)C(=O)Nc1ccc(NC(=O)[C@H](CCCNC(N)=O)NC(=O)[C@@H](NCCNC(=O)CCOCCNC(=O)CCN2C(=O)C=CC2=O)C(C)C)cc1. The Bertz CT molecular complexity index is 1990. The number of hydrogen-bond acceptors (Lipinski definition) is 12. The number of carbonyl (C=O) groups excluding carboxylic acids is 9. The molecule has 1 aliphatic heterocycles. The zero-order chi connectivity index (χ0) is 48.6. The summed E-state index contributed by atoms with van der Waals surface area (Å²) in [5.74, 6) is -3.60. The van der Waals surface area contributed by atoms with Crippen molar-refractivity contribution in [1.29, 1.82) is 0 Å². The number of anilines is 2. The Kier molecular flexibility index (Phi) is 22.8. The Labute approximate surface area is 384 Å². The minimum absolute atomic E-state index is 0.0230. The molecule has 11 N–H and O–H groups in total. The third-order valence-electron chi connectivity index (χ3n) is 10.2. The van der Waals surface area contributed by atoms with Crippen LogP contribution in [0.15, 0.2) is 60.7 Å². The second kappa shape index (κ2) is 28.1. The molecule has 1 heterocycles. The predicted molar refractivity (Wildman–Crippen MR) is 244 cm³/mol. The number of nitrogens with two attached hydrogens (primary N) is 1. The molecular weight excluding hydrogens is 857 g/mol. The molecule has 0 saturated carbocycles. The highest BCUT2D eigenvalue weighted by Crippen LogP contribution is 2.19. The van der Waals surface area contributed by atoms with Crippen LogP contribution in [0.4, 0.5) is 16.2 Å². The van der Waals surface area contributed by atoms with Crippen molar-refractivity contribution in [3.8, 4) is 5.75 Å². The van der Waals surface area contributed by atoms with Gasteiger partial charge >= 0.3 is 6.03 Å². The quantitative estimate of drug-likeness (QED) is 0.0395. The Hall–Kier alpha value is -6.87. The van der Waals surface area contributed by atoms with Crippen LogP contribution in [-0.2, 0) is 49.5 Å². The molecule has 2 aromatic carbocycles. The first-order valence-corrected chi connectivity index (χ1v) is 21.9. The molecule has 0 fully saturated rings. The molecular formula is C45H64N10O11. The summed E-state index contributed by atoms with van der Waals surface area (Å²) in [5.41, 5.74) is 6.95. The van der Waals surface area contributed by atoms with E-state index in [1.807, 2.05) is 13.8 Å². The van der Waals surface area contributed by atoms with Crippen LogP contribution in [0, 0.1) is 11.8 Å². The third-order valence-corrected chi connectivity index (χ3v) is 10.2. The number of rotatable bonds is 29. The van der Waals surface area contributed by atoms with Gasteiger partial charge in [0, 0.05) is 88.0 Å². The van der Waals surface area contributed by atoms with Crippen LogP contribution in [-0.4, -0.2) is 127 Å². The summed E-state index contributed by atoms with van der Waals surface area (Å²) in [4.78, 5) is 112. The minimum Gasteiger partial charge on any atom is -0.508 e. The van der Waals surface area contributed by atoms with Crippen LogP contribution in [0.1, 0.15) is 65.4 Å². The highest BCUT2D eigenvalue weighted by molar-refractivity contribution is 6.13. The zero-order valence-electron chi connectivity index (χ0n) is 37.9. The molecule has 2 unspecified atom stereocenters. The number of benzene rings is 2. The van der Waals surface area contributed by atoms with Gasteiger partial charge in [0.25, 0.3) is 11.8 Å². The summed E-state index contributed by atoms with van der Waals surface area (Å²) >= 11 is 0. The number of urea groups is 1. The highest BCUT2D eigenvalue weighted by atomic mass is 16.5. The van der Waals surface area contributed by atoms with Crippen LogP contribution in [0.3, 0.4) is 0 Å². The first kappa shape index (κ1) is 53.5. The number of phenols is 1. The lowest BCUT2D eigenvalue weighted by Gasteiger charge is -2.25. The van der Waals surface area contributed by atoms with E-state index >= 15 is 0 Å². The molecule has 21 heteroatoms. The number of imide groups is 1. The van der Waals surface area contributed by atoms with E-state index < -0.39 is 47.7 Å². The van der Waals surface area contributed by atoms with E-state index in [1.165, 1.54) is 6.92 Å². The second-order valence-corrected chi connectivity index (χ2v) is 16.1. The van der Waals surface area contributed by atoms with Gasteiger partial charge in [-0.1, -0.05) is 32.9 Å². The summed E-state index contributed by atoms with van der Waals surface area (Å²) in [7, 11) is 0. The van der Waals surface area contributed by atoms with Crippen molar-refractivity contribution in [2.75, 3.05) is 56.6 Å². The van der Waals surface area contributed by atoms with E-state index in [1.54, 1.807) is 55.5 Å². The van der Waals surface area contributed by atoms with Gasteiger partial charge in [-0.2, -0.15) is 0 Å². The number of primary amides is 1. The number of hydrogen-bond donors (Lipinski definition) is 10. The lowest BCUT2D eigenvalue weighted by Crippen LogP contribution is -2.54. The summed E-state index contributed by atoms with van der Waals surface area (Å²) in [5, 5.41) is 31.9. The van der Waals surface area contributed by atoms with Gasteiger partial charge in [0.05, 0.1) is 19.3 Å². The normalized spacial score (nSPS) is 13.9. The van der Waals surface area contributed by atoms with Crippen LogP contribution in [0.25, 0.3) is 0 Å². The molecule has 66 heavy (non-hydrogen) atoms. The number of ether oxygens (including phenoxy) is 1. The smallest absolute Gasteiger partial charge is 0.312 e. The lowest BCUT2D eigenvalue weighted by molar-refractivity contribution is -0.137. The second-order valence-electron chi connectivity index (χ2n) is 16.1. The van der Waals surface area contributed by atoms with Gasteiger partial charge < -0.3 is 58.1 Å². The average Bonchev–Trinajstić information content (AvgIpc) is 3.58. The van der Waals surface area contributed by atoms with Crippen molar-refractivity contribution in [3.63, 3.8) is 0 Å². The van der Waals surface area contributed by atoms with E-state index in [9.17, 15) is 48.3 Å². The van der Waals surface area contributed by atoms with Gasteiger partial charge in [0.2, 0.25) is 35.4 Å². The standard InChI is InChI=1S/C45H64N10O11/c1-28(2)41(49-21-20-47-38(59)18-24-66-25-22-48-37(58)17-23-55-39(60)15-16-40(55)61)44(64)54-36(6-5-19-50-45(46)65)43(63)53-33-11-9-32(10-12-33)52-42(62)29(3)26-34(51-30(4)56)27-31-7-13-35(57)14-8-31/h7-16,28-29,34,36,41,49,57H,5-6,17-27H2,1-4H3,(H,47,59)(H,48,58)(H,51,56)(H,52,62)(H,53,63)(H,54,64)(H3,46,50,65)/t29?,34?,36-,41-/m0/s1. The fourth-order valence-corrected chi connectivity index (χ4v) is 6.74. The van der Waals surface area contributed by atoms with Gasteiger partial charge in [-0.05, 0) is 73.6 Å². The van der Waals surface area contributed by atoms with E-state index in [-0.39, 0.29) is 107 Å². The van der Waals surface area contributed by atoms with Crippen LogP contribution in [0.5, 0.6) is 5.75 Å². The fraction of sp³-hybridized carbons (Fsp3) is 0.489. The topological polar surface area (TPSA) is 309 Å². The van der Waals surface area contributed by atoms with Crippen molar-refractivity contribution in [3.05, 3.63) is 66.2 Å². The predicted octanol–water partition coefficient (Wildman–Crippen LogP) is 0.545. The maximum atomic E-state index is 13.6.